The highest BCUT2D eigenvalue weighted by Crippen LogP contribution is 2.27. The summed E-state index contributed by atoms with van der Waals surface area (Å²) in [6, 6.07) is 11.0. The molecule has 0 saturated carbocycles. The molecule has 0 unspecified atom stereocenters. The van der Waals surface area contributed by atoms with E-state index in [9.17, 15) is 5.11 Å². The molecule has 1 aromatic heterocycles. The summed E-state index contributed by atoms with van der Waals surface area (Å²) in [7, 11) is 1.72. The van der Waals surface area contributed by atoms with Crippen LogP contribution < -0.4 is 9.64 Å². The van der Waals surface area contributed by atoms with E-state index in [2.05, 4.69) is 33.1 Å². The number of aliphatic hydroxyl groups is 1. The van der Waals surface area contributed by atoms with Crippen LogP contribution in [0.25, 0.3) is 0 Å². The third-order valence-electron chi connectivity index (χ3n) is 5.44. The van der Waals surface area contributed by atoms with Gasteiger partial charge in [-0.25, -0.2) is 0 Å². The fraction of sp³-hybridized carbons (Fsp3) is 0.526. The molecule has 134 valence electrons. The Hall–Kier alpha value is -2.05. The summed E-state index contributed by atoms with van der Waals surface area (Å²) < 4.78 is 7.39. The van der Waals surface area contributed by atoms with E-state index in [4.69, 9.17) is 4.74 Å². The van der Waals surface area contributed by atoms with Gasteiger partial charge in [0.2, 0.25) is 0 Å². The van der Waals surface area contributed by atoms with Crippen LogP contribution >= 0.6 is 0 Å². The molecule has 0 aliphatic carbocycles. The summed E-state index contributed by atoms with van der Waals surface area (Å²) in [6.45, 7) is 5.09. The van der Waals surface area contributed by atoms with Crippen molar-refractivity contribution in [2.45, 2.75) is 38.6 Å². The van der Waals surface area contributed by atoms with Crippen LogP contribution in [-0.4, -0.2) is 52.6 Å². The highest BCUT2D eigenvalue weighted by Gasteiger charge is 2.28. The van der Waals surface area contributed by atoms with E-state index < -0.39 is 0 Å². The summed E-state index contributed by atoms with van der Waals surface area (Å²) in [6.07, 6.45) is 2.36. The fourth-order valence-corrected chi connectivity index (χ4v) is 4.03. The van der Waals surface area contributed by atoms with Gasteiger partial charge in [0.25, 0.3) is 0 Å². The summed E-state index contributed by atoms with van der Waals surface area (Å²) in [5, 5.41) is 13.7. The van der Waals surface area contributed by atoms with Gasteiger partial charge in [-0.05, 0) is 31.0 Å². The molecule has 3 heterocycles. The molecule has 0 radical (unpaired) electrons. The molecule has 2 aliphatic rings. The number of piperidine rings is 1. The molecule has 1 fully saturated rings. The Labute approximate surface area is 148 Å². The number of nitrogens with zero attached hydrogens (tertiary/aromatic N) is 4. The Morgan fingerprint density at radius 3 is 2.76 bits per heavy atom. The monoisotopic (exact) mass is 342 g/mol. The van der Waals surface area contributed by atoms with E-state index in [-0.39, 0.29) is 6.61 Å². The SMILES string of the molecule is COc1cccc(N2CCC(N3CCn4nc(CO)cc4C3)CC2)c1. The minimum absolute atomic E-state index is 0.0267. The predicted octanol–water partition coefficient (Wildman–Crippen LogP) is 1.87. The van der Waals surface area contributed by atoms with E-state index in [1.807, 2.05) is 16.8 Å². The third-order valence-corrected chi connectivity index (χ3v) is 5.44. The molecular formula is C19H26N4O2. The Bertz CT molecular complexity index is 722. The van der Waals surface area contributed by atoms with Crippen LogP contribution in [0.2, 0.25) is 0 Å². The van der Waals surface area contributed by atoms with E-state index >= 15 is 0 Å². The maximum atomic E-state index is 9.27. The summed E-state index contributed by atoms with van der Waals surface area (Å²) >= 11 is 0. The van der Waals surface area contributed by atoms with Crippen molar-refractivity contribution in [3.8, 4) is 5.75 Å². The number of anilines is 1. The minimum atomic E-state index is 0.0267. The molecule has 25 heavy (non-hydrogen) atoms. The van der Waals surface area contributed by atoms with Crippen molar-refractivity contribution in [2.24, 2.45) is 0 Å². The van der Waals surface area contributed by atoms with Crippen molar-refractivity contribution in [1.29, 1.82) is 0 Å². The van der Waals surface area contributed by atoms with Gasteiger partial charge in [-0.3, -0.25) is 9.58 Å². The maximum Gasteiger partial charge on any atom is 0.120 e. The lowest BCUT2D eigenvalue weighted by atomic mass is 10.0. The quantitative estimate of drug-likeness (QED) is 0.919. The molecule has 0 atom stereocenters. The number of aromatic nitrogens is 2. The minimum Gasteiger partial charge on any atom is -0.497 e. The standard InChI is InChI=1S/C19H26N4O2/c1-25-19-4-2-3-17(12-19)21-7-5-16(6-8-21)22-9-10-23-18(13-22)11-15(14-24)20-23/h2-4,11-12,16,24H,5-10,13-14H2,1H3. The lowest BCUT2D eigenvalue weighted by molar-refractivity contribution is 0.129. The van der Waals surface area contributed by atoms with Gasteiger partial charge in [0.15, 0.2) is 0 Å². The van der Waals surface area contributed by atoms with Gasteiger partial charge in [-0.1, -0.05) is 6.07 Å². The lowest BCUT2D eigenvalue weighted by Gasteiger charge is -2.41. The van der Waals surface area contributed by atoms with Crippen molar-refractivity contribution in [3.63, 3.8) is 0 Å². The first-order valence-corrected chi connectivity index (χ1v) is 9.06. The summed E-state index contributed by atoms with van der Waals surface area (Å²) in [4.78, 5) is 5.04. The van der Waals surface area contributed by atoms with Gasteiger partial charge in [-0.15, -0.1) is 0 Å². The predicted molar refractivity (Wildman–Crippen MR) is 96.8 cm³/mol. The number of benzene rings is 1. The molecule has 1 saturated heterocycles. The first kappa shape index (κ1) is 16.4. The summed E-state index contributed by atoms with van der Waals surface area (Å²) in [5.41, 5.74) is 3.26. The molecule has 6 nitrogen and oxygen atoms in total. The number of methoxy groups -OCH3 is 1. The smallest absolute Gasteiger partial charge is 0.120 e. The molecule has 0 spiro atoms. The Morgan fingerprint density at radius 2 is 2.00 bits per heavy atom. The van der Waals surface area contributed by atoms with Crippen LogP contribution in [0.1, 0.15) is 24.2 Å². The zero-order valence-corrected chi connectivity index (χ0v) is 14.8. The van der Waals surface area contributed by atoms with Crippen LogP contribution in [0.4, 0.5) is 5.69 Å². The molecule has 1 aromatic carbocycles. The van der Waals surface area contributed by atoms with Crippen LogP contribution in [0.3, 0.4) is 0 Å². The molecule has 0 bridgehead atoms. The van der Waals surface area contributed by atoms with Gasteiger partial charge in [0, 0.05) is 44.0 Å². The first-order chi connectivity index (χ1) is 12.3. The van der Waals surface area contributed by atoms with E-state index in [0.29, 0.717) is 6.04 Å². The molecule has 1 N–H and O–H groups in total. The second kappa shape index (κ2) is 7.06. The Balaban J connectivity index is 1.37. The van der Waals surface area contributed by atoms with Crippen molar-refractivity contribution in [3.05, 3.63) is 41.7 Å². The van der Waals surface area contributed by atoms with Crippen molar-refractivity contribution in [1.82, 2.24) is 14.7 Å². The first-order valence-electron chi connectivity index (χ1n) is 9.06. The number of hydrogen-bond acceptors (Lipinski definition) is 5. The maximum absolute atomic E-state index is 9.27. The highest BCUT2D eigenvalue weighted by atomic mass is 16.5. The number of aliphatic hydroxyl groups excluding tert-OH is 1. The lowest BCUT2D eigenvalue weighted by Crippen LogP contribution is -2.47. The zero-order chi connectivity index (χ0) is 17.2. The largest absolute Gasteiger partial charge is 0.497 e. The molecule has 2 aromatic rings. The van der Waals surface area contributed by atoms with Gasteiger partial charge >= 0.3 is 0 Å². The Morgan fingerprint density at radius 1 is 1.16 bits per heavy atom. The fourth-order valence-electron chi connectivity index (χ4n) is 4.03. The average molecular weight is 342 g/mol. The Kier molecular flexibility index (Phi) is 4.63. The molecule has 2 aliphatic heterocycles. The van der Waals surface area contributed by atoms with Crippen molar-refractivity contribution >= 4 is 5.69 Å². The van der Waals surface area contributed by atoms with Crippen molar-refractivity contribution in [2.75, 3.05) is 31.6 Å². The third kappa shape index (κ3) is 3.37. The second-order valence-electron chi connectivity index (χ2n) is 6.90. The molecule has 6 heteroatoms. The van der Waals surface area contributed by atoms with E-state index in [1.165, 1.54) is 24.2 Å². The zero-order valence-electron chi connectivity index (χ0n) is 14.8. The second-order valence-corrected chi connectivity index (χ2v) is 6.90. The topological polar surface area (TPSA) is 53.8 Å². The van der Waals surface area contributed by atoms with Crippen LogP contribution in [0.5, 0.6) is 5.75 Å². The normalized spacial score (nSPS) is 19.0. The van der Waals surface area contributed by atoms with E-state index in [1.54, 1.807) is 7.11 Å². The van der Waals surface area contributed by atoms with Crippen LogP contribution in [-0.2, 0) is 19.7 Å². The van der Waals surface area contributed by atoms with Gasteiger partial charge in [0.1, 0.15) is 5.75 Å². The van der Waals surface area contributed by atoms with Gasteiger partial charge in [-0.2, -0.15) is 5.10 Å². The van der Waals surface area contributed by atoms with Gasteiger partial charge in [0.05, 0.1) is 31.6 Å². The number of rotatable bonds is 4. The van der Waals surface area contributed by atoms with E-state index in [0.717, 1.165) is 44.2 Å². The van der Waals surface area contributed by atoms with Crippen LogP contribution in [0, 0.1) is 0 Å². The van der Waals surface area contributed by atoms with Gasteiger partial charge < -0.3 is 14.7 Å². The highest BCUT2D eigenvalue weighted by molar-refractivity contribution is 5.51. The van der Waals surface area contributed by atoms with Crippen LogP contribution in [0.15, 0.2) is 30.3 Å². The average Bonchev–Trinajstić information content (AvgIpc) is 3.10. The molecular weight excluding hydrogens is 316 g/mol. The van der Waals surface area contributed by atoms with Crippen molar-refractivity contribution < 1.29 is 9.84 Å². The molecule has 0 amide bonds. The number of hydrogen-bond donors (Lipinski definition) is 1. The number of fused-ring (bicyclic) bond motifs is 1. The number of ether oxygens (including phenoxy) is 1. The summed E-state index contributed by atoms with van der Waals surface area (Å²) in [5.74, 6) is 0.920. The molecule has 4 rings (SSSR count).